The SMILES string of the molecule is CCCCCCC/C=C/C=C/C=C/CCCCCCCC(=O)OCC(COCCC(C(=O)O)[N+](C)(C)C)OC(=O)CCCCCCCCCCCCCCCCC. The molecule has 8 nitrogen and oxygen atoms in total. The highest BCUT2D eigenvalue weighted by atomic mass is 16.6. The molecule has 0 rings (SSSR count). The van der Waals surface area contributed by atoms with Gasteiger partial charge in [-0.3, -0.25) is 9.59 Å². The van der Waals surface area contributed by atoms with Gasteiger partial charge in [-0.1, -0.05) is 185 Å². The first-order valence-electron chi connectivity index (χ1n) is 23.6. The Balaban J connectivity index is 4.34. The summed E-state index contributed by atoms with van der Waals surface area (Å²) in [6.45, 7) is 4.72. The fourth-order valence-corrected chi connectivity index (χ4v) is 6.92. The number of unbranched alkanes of at least 4 members (excludes halogenated alkanes) is 24. The lowest BCUT2D eigenvalue weighted by Crippen LogP contribution is -2.50. The van der Waals surface area contributed by atoms with Gasteiger partial charge in [-0.15, -0.1) is 0 Å². The zero-order valence-corrected chi connectivity index (χ0v) is 37.8. The van der Waals surface area contributed by atoms with Crippen molar-refractivity contribution in [3.8, 4) is 0 Å². The van der Waals surface area contributed by atoms with Gasteiger partial charge in [-0.05, 0) is 38.5 Å². The number of ether oxygens (including phenoxy) is 3. The van der Waals surface area contributed by atoms with E-state index in [0.717, 1.165) is 64.2 Å². The number of carboxylic acid groups (broad SMARTS) is 1. The molecule has 0 saturated carbocycles. The lowest BCUT2D eigenvalue weighted by molar-refractivity contribution is -0.887. The summed E-state index contributed by atoms with van der Waals surface area (Å²) in [5.74, 6) is -1.48. The number of carboxylic acids is 1. The van der Waals surface area contributed by atoms with Gasteiger partial charge < -0.3 is 23.8 Å². The van der Waals surface area contributed by atoms with Crippen LogP contribution < -0.4 is 0 Å². The predicted octanol–water partition coefficient (Wildman–Crippen LogP) is 13.0. The van der Waals surface area contributed by atoms with E-state index in [0.29, 0.717) is 19.3 Å². The van der Waals surface area contributed by atoms with Crippen molar-refractivity contribution < 1.29 is 38.2 Å². The van der Waals surface area contributed by atoms with Gasteiger partial charge in [0.15, 0.2) is 12.1 Å². The summed E-state index contributed by atoms with van der Waals surface area (Å²) in [5, 5.41) is 9.63. The van der Waals surface area contributed by atoms with Gasteiger partial charge in [0.1, 0.15) is 6.61 Å². The van der Waals surface area contributed by atoms with Crippen molar-refractivity contribution in [2.75, 3.05) is 41.0 Å². The molecule has 0 bridgehead atoms. The molecule has 332 valence electrons. The molecule has 1 N–H and O–H groups in total. The topological polar surface area (TPSA) is 99.1 Å². The lowest BCUT2D eigenvalue weighted by atomic mass is 10.0. The van der Waals surface area contributed by atoms with E-state index in [4.69, 9.17) is 14.2 Å². The summed E-state index contributed by atoms with van der Waals surface area (Å²) >= 11 is 0. The van der Waals surface area contributed by atoms with Crippen molar-refractivity contribution in [2.24, 2.45) is 0 Å². The second-order valence-corrected chi connectivity index (χ2v) is 17.1. The third kappa shape index (κ3) is 38.8. The second kappa shape index (κ2) is 40.3. The van der Waals surface area contributed by atoms with Crippen LogP contribution in [0.5, 0.6) is 0 Å². The van der Waals surface area contributed by atoms with Crippen molar-refractivity contribution in [3.63, 3.8) is 0 Å². The summed E-state index contributed by atoms with van der Waals surface area (Å²) < 4.78 is 17.3. The Labute approximate surface area is 351 Å². The number of likely N-dealkylation sites (N-methyl/N-ethyl adjacent to an activating group) is 1. The average Bonchev–Trinajstić information content (AvgIpc) is 3.17. The van der Waals surface area contributed by atoms with Gasteiger partial charge >= 0.3 is 17.9 Å². The molecule has 0 fully saturated rings. The number of carbonyl (C=O) groups excluding carboxylic acids is 2. The Morgan fingerprint density at radius 2 is 0.930 bits per heavy atom. The fourth-order valence-electron chi connectivity index (χ4n) is 6.92. The molecule has 57 heavy (non-hydrogen) atoms. The lowest BCUT2D eigenvalue weighted by Gasteiger charge is -2.31. The molecular formula is C49H90NO7+. The van der Waals surface area contributed by atoms with Gasteiger partial charge in [-0.2, -0.15) is 0 Å². The highest BCUT2D eigenvalue weighted by molar-refractivity contribution is 5.72. The Hall–Kier alpha value is -2.45. The molecule has 0 amide bonds. The zero-order chi connectivity index (χ0) is 42.1. The number of carbonyl (C=O) groups is 3. The van der Waals surface area contributed by atoms with Crippen LogP contribution in [-0.4, -0.2) is 80.6 Å². The number of hydrogen-bond acceptors (Lipinski definition) is 6. The molecule has 0 saturated heterocycles. The van der Waals surface area contributed by atoms with E-state index in [-0.39, 0.29) is 36.2 Å². The van der Waals surface area contributed by atoms with Crippen molar-refractivity contribution in [3.05, 3.63) is 36.5 Å². The maximum Gasteiger partial charge on any atom is 0.362 e. The maximum absolute atomic E-state index is 12.7. The van der Waals surface area contributed by atoms with E-state index in [1.165, 1.54) is 109 Å². The fraction of sp³-hybridized carbons (Fsp3) is 0.816. The molecule has 0 aliphatic heterocycles. The number of rotatable bonds is 42. The Morgan fingerprint density at radius 1 is 0.526 bits per heavy atom. The van der Waals surface area contributed by atoms with E-state index in [9.17, 15) is 19.5 Å². The minimum atomic E-state index is -0.877. The molecule has 2 atom stereocenters. The van der Waals surface area contributed by atoms with Gasteiger partial charge in [0.2, 0.25) is 0 Å². The van der Waals surface area contributed by atoms with Crippen LogP contribution in [0.25, 0.3) is 0 Å². The van der Waals surface area contributed by atoms with E-state index < -0.39 is 18.1 Å². The Morgan fingerprint density at radius 3 is 1.35 bits per heavy atom. The molecule has 0 aliphatic rings. The molecule has 0 aromatic rings. The van der Waals surface area contributed by atoms with E-state index in [1.54, 1.807) is 0 Å². The van der Waals surface area contributed by atoms with E-state index in [1.807, 2.05) is 21.1 Å². The van der Waals surface area contributed by atoms with Gasteiger partial charge in [0, 0.05) is 19.3 Å². The van der Waals surface area contributed by atoms with Gasteiger partial charge in [0.25, 0.3) is 0 Å². The standard InChI is InChI=1S/C49H89NO7/c1-6-8-10-12-14-16-18-20-22-23-24-26-27-29-31-33-35-37-39-47(51)56-44-45(43-55-42-41-46(49(53)54)50(3,4)5)57-48(52)40-38-36-34-32-30-28-25-21-19-17-15-13-11-9-7-2/h18,20,22-24,26,45-46H,6-17,19,21,25,27-44H2,1-5H3/p+1/b20-18+,23-22+,26-24+. The molecular weight excluding hydrogens is 715 g/mol. The quantitative estimate of drug-likeness (QED) is 0.0284. The Kier molecular flexibility index (Phi) is 38.6. The van der Waals surface area contributed by atoms with Crippen LogP contribution in [-0.2, 0) is 28.6 Å². The highest BCUT2D eigenvalue weighted by Crippen LogP contribution is 2.15. The smallest absolute Gasteiger partial charge is 0.362 e. The molecule has 8 heteroatoms. The first-order chi connectivity index (χ1) is 27.6. The number of nitrogens with zero attached hydrogens (tertiary/aromatic N) is 1. The molecule has 0 aliphatic carbocycles. The zero-order valence-electron chi connectivity index (χ0n) is 37.8. The molecule has 0 radical (unpaired) electrons. The third-order valence-corrected chi connectivity index (χ3v) is 10.6. The number of aliphatic carboxylic acids is 1. The first kappa shape index (κ1) is 54.6. The maximum atomic E-state index is 12.7. The second-order valence-electron chi connectivity index (χ2n) is 17.1. The molecule has 0 aromatic carbocycles. The van der Waals surface area contributed by atoms with E-state index >= 15 is 0 Å². The van der Waals surface area contributed by atoms with E-state index in [2.05, 4.69) is 50.3 Å². The number of allylic oxidation sites excluding steroid dienone is 6. The van der Waals surface area contributed by atoms with Crippen LogP contribution in [0.3, 0.4) is 0 Å². The minimum Gasteiger partial charge on any atom is -0.477 e. The molecule has 0 aromatic heterocycles. The van der Waals surface area contributed by atoms with Gasteiger partial charge in [-0.25, -0.2) is 4.79 Å². The van der Waals surface area contributed by atoms with Crippen LogP contribution in [0.15, 0.2) is 36.5 Å². The van der Waals surface area contributed by atoms with Crippen LogP contribution >= 0.6 is 0 Å². The number of esters is 2. The summed E-state index contributed by atoms with van der Waals surface area (Å²) in [5.41, 5.74) is 0. The van der Waals surface area contributed by atoms with Crippen LogP contribution in [0, 0.1) is 0 Å². The highest BCUT2D eigenvalue weighted by Gasteiger charge is 2.31. The average molecular weight is 805 g/mol. The van der Waals surface area contributed by atoms with Crippen molar-refractivity contribution in [1.29, 1.82) is 0 Å². The third-order valence-electron chi connectivity index (χ3n) is 10.6. The van der Waals surface area contributed by atoms with Crippen LogP contribution in [0.2, 0.25) is 0 Å². The van der Waals surface area contributed by atoms with Gasteiger partial charge in [0.05, 0.1) is 34.4 Å². The number of quaternary nitrogens is 1. The predicted molar refractivity (Wildman–Crippen MR) is 238 cm³/mol. The van der Waals surface area contributed by atoms with Crippen molar-refractivity contribution in [1.82, 2.24) is 0 Å². The summed E-state index contributed by atoms with van der Waals surface area (Å²) in [4.78, 5) is 37.0. The first-order valence-corrected chi connectivity index (χ1v) is 23.6. The normalized spacial score (nSPS) is 13.2. The van der Waals surface area contributed by atoms with Crippen molar-refractivity contribution >= 4 is 17.9 Å². The molecule has 0 spiro atoms. The Bertz CT molecular complexity index is 1030. The molecule has 0 heterocycles. The number of hydrogen-bond donors (Lipinski definition) is 1. The van der Waals surface area contributed by atoms with Crippen LogP contribution in [0.1, 0.15) is 206 Å². The summed E-state index contributed by atoms with van der Waals surface area (Å²) in [6.07, 6.45) is 46.1. The largest absolute Gasteiger partial charge is 0.477 e. The van der Waals surface area contributed by atoms with Crippen LogP contribution in [0.4, 0.5) is 0 Å². The minimum absolute atomic E-state index is 0.0570. The summed E-state index contributed by atoms with van der Waals surface area (Å²) in [7, 11) is 5.53. The summed E-state index contributed by atoms with van der Waals surface area (Å²) in [6, 6.07) is -0.616. The van der Waals surface area contributed by atoms with Crippen molar-refractivity contribution in [2.45, 2.75) is 219 Å². The monoisotopic (exact) mass is 805 g/mol. The molecule has 2 unspecified atom stereocenters.